The van der Waals surface area contributed by atoms with Crippen molar-refractivity contribution in [2.75, 3.05) is 33.3 Å². The van der Waals surface area contributed by atoms with E-state index in [-0.39, 0.29) is 17.7 Å². The zero-order valence-corrected chi connectivity index (χ0v) is 17.0. The lowest BCUT2D eigenvalue weighted by Gasteiger charge is -2.33. The smallest absolute Gasteiger partial charge is 0.308 e. The van der Waals surface area contributed by atoms with Gasteiger partial charge in [0, 0.05) is 38.8 Å². The Morgan fingerprint density at radius 3 is 2.66 bits per heavy atom. The minimum atomic E-state index is -0.262. The number of benzene rings is 1. The Kier molecular flexibility index (Phi) is 7.21. The van der Waals surface area contributed by atoms with Crippen LogP contribution in [-0.2, 0) is 16.0 Å². The second kappa shape index (κ2) is 10.0. The molecular formula is C21H28FN5O2. The van der Waals surface area contributed by atoms with E-state index in [4.69, 9.17) is 9.73 Å². The largest absolute Gasteiger partial charge is 0.469 e. The molecule has 1 N–H and O–H groups in total. The first-order valence-corrected chi connectivity index (χ1v) is 10.0. The SMILES string of the molecule is CCNC(=NCCc1ccn(-c2ccc(F)cc2)n1)N1CCC(C(=O)OC)CC1. The molecule has 1 saturated heterocycles. The van der Waals surface area contributed by atoms with Crippen LogP contribution in [-0.4, -0.2) is 59.9 Å². The molecule has 1 aliphatic heterocycles. The predicted molar refractivity (Wildman–Crippen MR) is 110 cm³/mol. The number of nitrogens with zero attached hydrogens (tertiary/aromatic N) is 4. The van der Waals surface area contributed by atoms with E-state index in [1.807, 2.05) is 19.2 Å². The highest BCUT2D eigenvalue weighted by molar-refractivity contribution is 5.80. The van der Waals surface area contributed by atoms with Gasteiger partial charge in [-0.2, -0.15) is 5.10 Å². The number of nitrogens with one attached hydrogen (secondary N) is 1. The molecule has 0 bridgehead atoms. The van der Waals surface area contributed by atoms with Crippen molar-refractivity contribution in [3.63, 3.8) is 0 Å². The molecule has 0 radical (unpaired) electrons. The van der Waals surface area contributed by atoms with Gasteiger partial charge in [-0.3, -0.25) is 9.79 Å². The lowest BCUT2D eigenvalue weighted by Crippen LogP contribution is -2.46. The molecule has 1 aromatic heterocycles. The molecule has 1 aromatic carbocycles. The first kappa shape index (κ1) is 20.8. The van der Waals surface area contributed by atoms with Gasteiger partial charge in [0.25, 0.3) is 0 Å². The van der Waals surface area contributed by atoms with Crippen molar-refractivity contribution in [1.29, 1.82) is 0 Å². The quantitative estimate of drug-likeness (QED) is 0.457. The summed E-state index contributed by atoms with van der Waals surface area (Å²) in [6.45, 7) is 5.01. The molecule has 1 fully saturated rings. The van der Waals surface area contributed by atoms with E-state index in [0.29, 0.717) is 13.0 Å². The third-order valence-corrected chi connectivity index (χ3v) is 5.03. The predicted octanol–water partition coefficient (Wildman–Crippen LogP) is 2.40. The monoisotopic (exact) mass is 401 g/mol. The van der Waals surface area contributed by atoms with E-state index < -0.39 is 0 Å². The van der Waals surface area contributed by atoms with Crippen molar-refractivity contribution in [3.05, 3.63) is 48.0 Å². The molecule has 29 heavy (non-hydrogen) atoms. The molecule has 2 aromatic rings. The molecular weight excluding hydrogens is 373 g/mol. The highest BCUT2D eigenvalue weighted by Gasteiger charge is 2.26. The van der Waals surface area contributed by atoms with Crippen LogP contribution in [0.5, 0.6) is 0 Å². The van der Waals surface area contributed by atoms with Gasteiger partial charge in [-0.05, 0) is 50.1 Å². The van der Waals surface area contributed by atoms with Crippen LogP contribution in [0.25, 0.3) is 5.69 Å². The number of methoxy groups -OCH3 is 1. The Balaban J connectivity index is 1.56. The zero-order valence-electron chi connectivity index (χ0n) is 17.0. The summed E-state index contributed by atoms with van der Waals surface area (Å²) >= 11 is 0. The first-order chi connectivity index (χ1) is 14.1. The van der Waals surface area contributed by atoms with E-state index in [1.165, 1.54) is 19.2 Å². The number of esters is 1. The molecule has 1 aliphatic rings. The molecule has 0 aliphatic carbocycles. The maximum atomic E-state index is 13.1. The summed E-state index contributed by atoms with van der Waals surface area (Å²) in [5, 5.41) is 7.88. The fourth-order valence-electron chi connectivity index (χ4n) is 3.43. The standard InChI is InChI=1S/C21H28FN5O2/c1-3-23-21(26-13-9-16(10-14-26)20(28)29-2)24-12-8-18-11-15-27(25-18)19-6-4-17(22)5-7-19/h4-7,11,15-16H,3,8-10,12-14H2,1-2H3,(H,23,24). The molecule has 0 unspecified atom stereocenters. The number of carbonyl (C=O) groups excluding carboxylic acids is 1. The van der Waals surface area contributed by atoms with Crippen LogP contribution in [0.1, 0.15) is 25.5 Å². The fraction of sp³-hybridized carbons (Fsp3) is 0.476. The minimum absolute atomic E-state index is 0.0189. The average Bonchev–Trinajstić information content (AvgIpc) is 3.22. The van der Waals surface area contributed by atoms with Gasteiger partial charge in [-0.1, -0.05) is 0 Å². The van der Waals surface area contributed by atoms with Crippen LogP contribution in [0.4, 0.5) is 4.39 Å². The van der Waals surface area contributed by atoms with Crippen molar-refractivity contribution in [3.8, 4) is 5.69 Å². The molecule has 2 heterocycles. The number of rotatable bonds is 6. The number of carbonyl (C=O) groups is 1. The molecule has 0 spiro atoms. The Morgan fingerprint density at radius 2 is 2.00 bits per heavy atom. The fourth-order valence-corrected chi connectivity index (χ4v) is 3.43. The van der Waals surface area contributed by atoms with Crippen molar-refractivity contribution >= 4 is 11.9 Å². The molecule has 0 amide bonds. The molecule has 0 atom stereocenters. The zero-order chi connectivity index (χ0) is 20.6. The topological polar surface area (TPSA) is 71.8 Å². The number of piperidine rings is 1. The average molecular weight is 401 g/mol. The number of ether oxygens (including phenoxy) is 1. The number of halogens is 1. The summed E-state index contributed by atoms with van der Waals surface area (Å²) in [5.41, 5.74) is 1.75. The van der Waals surface area contributed by atoms with Crippen molar-refractivity contribution in [2.45, 2.75) is 26.2 Å². The summed E-state index contributed by atoms with van der Waals surface area (Å²) in [6.07, 6.45) is 4.13. The normalized spacial score (nSPS) is 15.4. The highest BCUT2D eigenvalue weighted by atomic mass is 19.1. The van der Waals surface area contributed by atoms with Gasteiger partial charge < -0.3 is 15.0 Å². The Bertz CT molecular complexity index is 826. The van der Waals surface area contributed by atoms with Crippen LogP contribution in [0.2, 0.25) is 0 Å². The Hall–Kier alpha value is -2.90. The summed E-state index contributed by atoms with van der Waals surface area (Å²) < 4.78 is 19.7. The summed E-state index contributed by atoms with van der Waals surface area (Å²) in [6, 6.07) is 8.20. The van der Waals surface area contributed by atoms with Crippen LogP contribution in [0.15, 0.2) is 41.5 Å². The van der Waals surface area contributed by atoms with Gasteiger partial charge in [0.2, 0.25) is 0 Å². The van der Waals surface area contributed by atoms with Gasteiger partial charge in [0.15, 0.2) is 5.96 Å². The van der Waals surface area contributed by atoms with E-state index in [2.05, 4.69) is 15.3 Å². The number of guanidine groups is 1. The van der Waals surface area contributed by atoms with E-state index in [1.54, 1.807) is 16.8 Å². The van der Waals surface area contributed by atoms with Crippen molar-refractivity contribution < 1.29 is 13.9 Å². The maximum Gasteiger partial charge on any atom is 0.308 e. The second-order valence-electron chi connectivity index (χ2n) is 7.00. The van der Waals surface area contributed by atoms with Crippen molar-refractivity contribution in [2.24, 2.45) is 10.9 Å². The second-order valence-corrected chi connectivity index (χ2v) is 7.00. The summed E-state index contributed by atoms with van der Waals surface area (Å²) in [5.74, 6) is 0.466. The maximum absolute atomic E-state index is 13.1. The number of hydrogen-bond donors (Lipinski definition) is 1. The summed E-state index contributed by atoms with van der Waals surface area (Å²) in [4.78, 5) is 18.6. The van der Waals surface area contributed by atoms with Gasteiger partial charge in [-0.15, -0.1) is 0 Å². The van der Waals surface area contributed by atoms with Crippen LogP contribution >= 0.6 is 0 Å². The van der Waals surface area contributed by atoms with Crippen LogP contribution < -0.4 is 5.32 Å². The van der Waals surface area contributed by atoms with Gasteiger partial charge in [0.1, 0.15) is 5.82 Å². The lowest BCUT2D eigenvalue weighted by molar-refractivity contribution is -0.146. The molecule has 8 heteroatoms. The molecule has 0 saturated carbocycles. The van der Waals surface area contributed by atoms with Gasteiger partial charge in [-0.25, -0.2) is 9.07 Å². The minimum Gasteiger partial charge on any atom is -0.469 e. The van der Waals surface area contributed by atoms with Gasteiger partial charge in [0.05, 0.1) is 24.4 Å². The number of likely N-dealkylation sites (tertiary alicyclic amines) is 1. The number of hydrogen-bond acceptors (Lipinski definition) is 4. The molecule has 156 valence electrons. The van der Waals surface area contributed by atoms with E-state index >= 15 is 0 Å². The highest BCUT2D eigenvalue weighted by Crippen LogP contribution is 2.18. The number of aromatic nitrogens is 2. The third kappa shape index (κ3) is 5.56. The van der Waals surface area contributed by atoms with Crippen molar-refractivity contribution in [1.82, 2.24) is 20.0 Å². The Labute approximate surface area is 170 Å². The lowest BCUT2D eigenvalue weighted by atomic mass is 9.97. The number of aliphatic imine (C=N–C) groups is 1. The van der Waals surface area contributed by atoms with Gasteiger partial charge >= 0.3 is 5.97 Å². The summed E-state index contributed by atoms with van der Waals surface area (Å²) in [7, 11) is 1.44. The van der Waals surface area contributed by atoms with Crippen LogP contribution in [0, 0.1) is 11.7 Å². The van der Waals surface area contributed by atoms with E-state index in [0.717, 1.165) is 49.8 Å². The van der Waals surface area contributed by atoms with E-state index in [9.17, 15) is 9.18 Å². The first-order valence-electron chi connectivity index (χ1n) is 10.0. The molecule has 3 rings (SSSR count). The molecule has 7 nitrogen and oxygen atoms in total. The van der Waals surface area contributed by atoms with Crippen LogP contribution in [0.3, 0.4) is 0 Å². The third-order valence-electron chi connectivity index (χ3n) is 5.03. The Morgan fingerprint density at radius 1 is 1.28 bits per heavy atom.